The van der Waals surface area contributed by atoms with Crippen molar-refractivity contribution in [3.05, 3.63) is 36.3 Å². The van der Waals surface area contributed by atoms with E-state index in [1.807, 2.05) is 24.4 Å². The number of nitrogens with zero attached hydrogens (tertiary/aromatic N) is 3. The van der Waals surface area contributed by atoms with E-state index in [2.05, 4.69) is 20.5 Å². The quantitative estimate of drug-likeness (QED) is 0.921. The Morgan fingerprint density at radius 3 is 3.14 bits per heavy atom. The number of piperidine rings is 1. The lowest BCUT2D eigenvalue weighted by molar-refractivity contribution is -0.0969. The molecule has 3 heterocycles. The summed E-state index contributed by atoms with van der Waals surface area (Å²) in [6.45, 7) is 2.90. The maximum absolute atomic E-state index is 10.7. The van der Waals surface area contributed by atoms with E-state index in [-0.39, 0.29) is 5.60 Å². The molecule has 1 aliphatic heterocycles. The van der Waals surface area contributed by atoms with E-state index in [9.17, 15) is 5.11 Å². The molecule has 2 atom stereocenters. The first kappa shape index (κ1) is 13.3. The van der Waals surface area contributed by atoms with Gasteiger partial charge in [0.2, 0.25) is 0 Å². The molecule has 4 rings (SSSR count). The Labute approximate surface area is 125 Å². The highest BCUT2D eigenvalue weighted by Gasteiger charge is 2.42. The fourth-order valence-electron chi connectivity index (χ4n) is 4.08. The third-order valence-electron chi connectivity index (χ3n) is 5.31. The molecule has 2 aromatic rings. The summed E-state index contributed by atoms with van der Waals surface area (Å²) in [5.41, 5.74) is 1.76. The zero-order chi connectivity index (χ0) is 14.3. The number of aromatic nitrogens is 2. The van der Waals surface area contributed by atoms with Crippen molar-refractivity contribution in [1.29, 1.82) is 0 Å². The Hall–Kier alpha value is -1.39. The molecule has 0 amide bonds. The van der Waals surface area contributed by atoms with Gasteiger partial charge >= 0.3 is 0 Å². The number of rotatable bonds is 2. The van der Waals surface area contributed by atoms with Gasteiger partial charge in [-0.15, -0.1) is 0 Å². The first-order valence-electron chi connectivity index (χ1n) is 8.10. The van der Waals surface area contributed by atoms with E-state index in [0.29, 0.717) is 5.92 Å². The minimum absolute atomic E-state index is 0.381. The third kappa shape index (κ3) is 2.47. The summed E-state index contributed by atoms with van der Waals surface area (Å²) >= 11 is 0. The van der Waals surface area contributed by atoms with Crippen molar-refractivity contribution in [1.82, 2.24) is 14.3 Å². The van der Waals surface area contributed by atoms with Crippen molar-refractivity contribution in [2.75, 3.05) is 13.1 Å². The minimum Gasteiger partial charge on any atom is -0.390 e. The molecule has 0 radical (unpaired) electrons. The predicted molar refractivity (Wildman–Crippen MR) is 82.0 cm³/mol. The van der Waals surface area contributed by atoms with Gasteiger partial charge in [0.25, 0.3) is 0 Å². The molecular formula is C17H23N3O. The van der Waals surface area contributed by atoms with Gasteiger partial charge in [0.15, 0.2) is 0 Å². The zero-order valence-corrected chi connectivity index (χ0v) is 12.4. The standard InChI is InChI=1S/C17H23N3O/c21-17-7-3-1-5-14(17)11-19(10-8-17)12-15-13-20-9-4-2-6-16(20)18-15/h2,4,6,9,13-14,21H,1,3,5,7-8,10-12H2. The molecule has 2 aliphatic rings. The summed E-state index contributed by atoms with van der Waals surface area (Å²) in [5.74, 6) is 0.456. The normalized spacial score (nSPS) is 30.4. The van der Waals surface area contributed by atoms with Gasteiger partial charge in [-0.25, -0.2) is 4.98 Å². The van der Waals surface area contributed by atoms with E-state index in [0.717, 1.165) is 43.8 Å². The van der Waals surface area contributed by atoms with Crippen LogP contribution in [0.1, 0.15) is 37.8 Å². The third-order valence-corrected chi connectivity index (χ3v) is 5.31. The second-order valence-electron chi connectivity index (χ2n) is 6.73. The van der Waals surface area contributed by atoms with E-state index in [1.54, 1.807) is 0 Å². The molecule has 0 spiro atoms. The van der Waals surface area contributed by atoms with Crippen LogP contribution < -0.4 is 0 Å². The largest absolute Gasteiger partial charge is 0.390 e. The number of fused-ring (bicyclic) bond motifs is 2. The molecule has 2 fully saturated rings. The van der Waals surface area contributed by atoms with Gasteiger partial charge in [0, 0.05) is 37.9 Å². The number of pyridine rings is 1. The van der Waals surface area contributed by atoms with E-state index in [1.165, 1.54) is 19.3 Å². The van der Waals surface area contributed by atoms with E-state index in [4.69, 9.17) is 0 Å². The average molecular weight is 285 g/mol. The van der Waals surface area contributed by atoms with Crippen LogP contribution in [-0.4, -0.2) is 38.1 Å². The first-order valence-corrected chi connectivity index (χ1v) is 8.10. The Balaban J connectivity index is 1.48. The Morgan fingerprint density at radius 2 is 2.24 bits per heavy atom. The van der Waals surface area contributed by atoms with Crippen LogP contribution in [0.5, 0.6) is 0 Å². The van der Waals surface area contributed by atoms with Crippen molar-refractivity contribution >= 4 is 5.65 Å². The predicted octanol–water partition coefficient (Wildman–Crippen LogP) is 2.46. The molecule has 0 aromatic carbocycles. The number of aliphatic hydroxyl groups is 1. The number of hydrogen-bond acceptors (Lipinski definition) is 3. The van der Waals surface area contributed by atoms with Gasteiger partial charge < -0.3 is 9.51 Å². The van der Waals surface area contributed by atoms with Crippen LogP contribution in [0.2, 0.25) is 0 Å². The fraction of sp³-hybridized carbons (Fsp3) is 0.588. The first-order chi connectivity index (χ1) is 10.2. The second-order valence-corrected chi connectivity index (χ2v) is 6.73. The van der Waals surface area contributed by atoms with Gasteiger partial charge in [-0.2, -0.15) is 0 Å². The van der Waals surface area contributed by atoms with Gasteiger partial charge in [-0.1, -0.05) is 18.9 Å². The lowest BCUT2D eigenvalue weighted by Crippen LogP contribution is -2.52. The maximum Gasteiger partial charge on any atom is 0.137 e. The van der Waals surface area contributed by atoms with Crippen molar-refractivity contribution < 1.29 is 5.11 Å². The molecule has 0 bridgehead atoms. The van der Waals surface area contributed by atoms with Gasteiger partial charge in [-0.3, -0.25) is 4.90 Å². The lowest BCUT2D eigenvalue weighted by atomic mass is 9.71. The summed E-state index contributed by atoms with van der Waals surface area (Å²) in [6, 6.07) is 6.09. The summed E-state index contributed by atoms with van der Waals surface area (Å²) < 4.78 is 2.08. The molecule has 112 valence electrons. The Kier molecular flexibility index (Phi) is 3.23. The van der Waals surface area contributed by atoms with Crippen LogP contribution in [0.15, 0.2) is 30.6 Å². The second kappa shape index (κ2) is 5.11. The average Bonchev–Trinajstić information content (AvgIpc) is 2.89. The van der Waals surface area contributed by atoms with Gasteiger partial charge in [-0.05, 0) is 31.4 Å². The van der Waals surface area contributed by atoms with Crippen LogP contribution in [0.25, 0.3) is 5.65 Å². The maximum atomic E-state index is 10.7. The highest BCUT2D eigenvalue weighted by atomic mass is 16.3. The molecule has 4 heteroatoms. The van der Waals surface area contributed by atoms with E-state index >= 15 is 0 Å². The van der Waals surface area contributed by atoms with Gasteiger partial charge in [0.05, 0.1) is 11.3 Å². The zero-order valence-electron chi connectivity index (χ0n) is 12.4. The molecule has 21 heavy (non-hydrogen) atoms. The minimum atomic E-state index is -0.381. The molecule has 1 N–H and O–H groups in total. The van der Waals surface area contributed by atoms with Crippen LogP contribution in [0.3, 0.4) is 0 Å². The highest BCUT2D eigenvalue weighted by Crippen LogP contribution is 2.39. The summed E-state index contributed by atoms with van der Waals surface area (Å²) in [4.78, 5) is 7.15. The summed E-state index contributed by atoms with van der Waals surface area (Å²) in [6.07, 6.45) is 9.73. The SMILES string of the molecule is OC12CCCCC1CN(Cc1cn3ccccc3n1)CC2. The summed E-state index contributed by atoms with van der Waals surface area (Å²) in [7, 11) is 0. The molecular weight excluding hydrogens is 262 g/mol. The highest BCUT2D eigenvalue weighted by molar-refractivity contribution is 5.39. The van der Waals surface area contributed by atoms with Crippen molar-refractivity contribution in [2.45, 2.75) is 44.2 Å². The van der Waals surface area contributed by atoms with Gasteiger partial charge in [0.1, 0.15) is 5.65 Å². The molecule has 4 nitrogen and oxygen atoms in total. The molecule has 2 unspecified atom stereocenters. The Bertz CT molecular complexity index is 605. The van der Waals surface area contributed by atoms with Crippen LogP contribution in [0.4, 0.5) is 0 Å². The van der Waals surface area contributed by atoms with Crippen LogP contribution in [-0.2, 0) is 6.54 Å². The lowest BCUT2D eigenvalue weighted by Gasteiger charge is -2.47. The van der Waals surface area contributed by atoms with Crippen LogP contribution >= 0.6 is 0 Å². The van der Waals surface area contributed by atoms with Crippen molar-refractivity contribution in [2.24, 2.45) is 5.92 Å². The smallest absolute Gasteiger partial charge is 0.137 e. The molecule has 1 aliphatic carbocycles. The molecule has 2 aromatic heterocycles. The molecule has 1 saturated heterocycles. The monoisotopic (exact) mass is 285 g/mol. The number of imidazole rings is 1. The Morgan fingerprint density at radius 1 is 1.29 bits per heavy atom. The van der Waals surface area contributed by atoms with Crippen molar-refractivity contribution in [3.63, 3.8) is 0 Å². The van der Waals surface area contributed by atoms with Crippen molar-refractivity contribution in [3.8, 4) is 0 Å². The fourth-order valence-corrected chi connectivity index (χ4v) is 4.08. The summed E-state index contributed by atoms with van der Waals surface area (Å²) in [5, 5.41) is 10.7. The number of hydrogen-bond donors (Lipinski definition) is 1. The topological polar surface area (TPSA) is 40.8 Å². The van der Waals surface area contributed by atoms with Crippen LogP contribution in [0, 0.1) is 5.92 Å². The number of likely N-dealkylation sites (tertiary alicyclic amines) is 1. The van der Waals surface area contributed by atoms with E-state index < -0.39 is 0 Å². The molecule has 1 saturated carbocycles.